The van der Waals surface area contributed by atoms with Crippen molar-refractivity contribution in [2.75, 3.05) is 45.8 Å². The third-order valence-electron chi connectivity index (χ3n) is 2.35. The maximum absolute atomic E-state index is 4.51. The second kappa shape index (κ2) is 4.18. The molecule has 0 aromatic carbocycles. The molecule has 4 heteroatoms. The maximum atomic E-state index is 4.51. The molecule has 2 aliphatic heterocycles. The topological polar surface area (TPSA) is 41.4 Å². The molecule has 2 fully saturated rings. The number of nitrogens with zero attached hydrogens (tertiary/aromatic N) is 2. The summed E-state index contributed by atoms with van der Waals surface area (Å²) in [6, 6.07) is 0. The van der Waals surface area contributed by atoms with Gasteiger partial charge in [-0.3, -0.25) is 4.90 Å². The van der Waals surface area contributed by atoms with Crippen molar-refractivity contribution < 1.29 is 0 Å². The molecule has 2 rings (SSSR count). The number of piperazine rings is 2. The smallest absolute Gasteiger partial charge is 0.135 e. The second-order valence-electron chi connectivity index (χ2n) is 3.21. The van der Waals surface area contributed by atoms with Gasteiger partial charge in [-0.1, -0.05) is 0 Å². The van der Waals surface area contributed by atoms with Crippen LogP contribution in [-0.2, 0) is 0 Å². The summed E-state index contributed by atoms with van der Waals surface area (Å²) >= 11 is 0. The minimum Gasteiger partial charge on any atom is -0.314 e. The molecular weight excluding hydrogens is 152 g/mol. The summed E-state index contributed by atoms with van der Waals surface area (Å²) in [6.07, 6.45) is 1.25. The lowest BCUT2D eigenvalue weighted by atomic mass is 10.3. The lowest BCUT2D eigenvalue weighted by Crippen LogP contribution is -2.53. The minimum absolute atomic E-state index is 0.944. The van der Waals surface area contributed by atoms with E-state index in [2.05, 4.69) is 20.9 Å². The monoisotopic (exact) mass is 168 g/mol. The van der Waals surface area contributed by atoms with Gasteiger partial charge in [0.15, 0.2) is 0 Å². The zero-order valence-corrected chi connectivity index (χ0v) is 7.34. The first kappa shape index (κ1) is 8.44. The molecule has 2 heterocycles. The van der Waals surface area contributed by atoms with Gasteiger partial charge in [-0.15, -0.1) is 0 Å². The highest BCUT2D eigenvalue weighted by molar-refractivity contribution is 4.94. The SMILES string of the molecule is C1CNC[C](N2CCNCC2)[N]1. The zero-order chi connectivity index (χ0) is 8.23. The van der Waals surface area contributed by atoms with Gasteiger partial charge < -0.3 is 10.6 Å². The van der Waals surface area contributed by atoms with Crippen LogP contribution in [-0.4, -0.2) is 50.7 Å². The molecule has 0 unspecified atom stereocenters. The lowest BCUT2D eigenvalue weighted by Gasteiger charge is -2.35. The van der Waals surface area contributed by atoms with Crippen molar-refractivity contribution in [3.8, 4) is 0 Å². The molecule has 0 aliphatic carbocycles. The van der Waals surface area contributed by atoms with Gasteiger partial charge in [0.1, 0.15) is 6.17 Å². The van der Waals surface area contributed by atoms with E-state index in [0.717, 1.165) is 45.8 Å². The van der Waals surface area contributed by atoms with Gasteiger partial charge in [-0.05, 0) is 0 Å². The van der Waals surface area contributed by atoms with Crippen LogP contribution < -0.4 is 16.0 Å². The largest absolute Gasteiger partial charge is 0.314 e. The number of hydrogen-bond donors (Lipinski definition) is 2. The molecule has 12 heavy (non-hydrogen) atoms. The highest BCUT2D eigenvalue weighted by Crippen LogP contribution is 2.07. The van der Waals surface area contributed by atoms with Crippen LogP contribution in [0.5, 0.6) is 0 Å². The van der Waals surface area contributed by atoms with Gasteiger partial charge in [0.25, 0.3) is 0 Å². The van der Waals surface area contributed by atoms with Crippen LogP contribution in [0.25, 0.3) is 0 Å². The molecule has 2 radical (unpaired) electrons. The van der Waals surface area contributed by atoms with Crippen molar-refractivity contribution >= 4 is 0 Å². The summed E-state index contributed by atoms with van der Waals surface area (Å²) in [4.78, 5) is 2.38. The van der Waals surface area contributed by atoms with Crippen LogP contribution in [0.1, 0.15) is 0 Å². The van der Waals surface area contributed by atoms with Crippen LogP contribution in [0, 0.1) is 6.17 Å². The van der Waals surface area contributed by atoms with E-state index >= 15 is 0 Å². The Balaban J connectivity index is 1.80. The zero-order valence-electron chi connectivity index (χ0n) is 7.34. The molecule has 0 saturated carbocycles. The summed E-state index contributed by atoms with van der Waals surface area (Å²) < 4.78 is 0. The average molecular weight is 168 g/mol. The fourth-order valence-electron chi connectivity index (χ4n) is 1.65. The summed E-state index contributed by atoms with van der Waals surface area (Å²) in [5.41, 5.74) is 0. The molecule has 0 bridgehead atoms. The first-order chi connectivity index (χ1) is 5.97. The van der Waals surface area contributed by atoms with E-state index in [4.69, 9.17) is 0 Å². The average Bonchev–Trinajstić information content (AvgIpc) is 2.21. The van der Waals surface area contributed by atoms with Gasteiger partial charge in [0.2, 0.25) is 0 Å². The third-order valence-corrected chi connectivity index (χ3v) is 2.35. The number of nitrogens with one attached hydrogen (secondary N) is 2. The summed E-state index contributed by atoms with van der Waals surface area (Å²) in [7, 11) is 0. The predicted molar refractivity (Wildman–Crippen MR) is 47.6 cm³/mol. The fourth-order valence-corrected chi connectivity index (χ4v) is 1.65. The van der Waals surface area contributed by atoms with Crippen molar-refractivity contribution in [2.24, 2.45) is 0 Å². The predicted octanol–water partition coefficient (Wildman–Crippen LogP) is -1.41. The Morgan fingerprint density at radius 3 is 2.58 bits per heavy atom. The van der Waals surface area contributed by atoms with Crippen LogP contribution in [0.2, 0.25) is 0 Å². The van der Waals surface area contributed by atoms with Gasteiger partial charge >= 0.3 is 0 Å². The Hall–Kier alpha value is -0.160. The van der Waals surface area contributed by atoms with E-state index in [9.17, 15) is 0 Å². The van der Waals surface area contributed by atoms with Gasteiger partial charge in [0.05, 0.1) is 0 Å². The molecule has 0 aromatic rings. The first-order valence-electron chi connectivity index (χ1n) is 4.66. The Morgan fingerprint density at radius 1 is 1.08 bits per heavy atom. The maximum Gasteiger partial charge on any atom is 0.135 e. The minimum atomic E-state index is 0.944. The third kappa shape index (κ3) is 1.95. The highest BCUT2D eigenvalue weighted by Gasteiger charge is 2.23. The van der Waals surface area contributed by atoms with E-state index in [0.29, 0.717) is 0 Å². The molecule has 4 nitrogen and oxygen atoms in total. The number of hydrogen-bond acceptors (Lipinski definition) is 3. The molecule has 0 amide bonds. The molecule has 2 N–H and O–H groups in total. The molecule has 0 spiro atoms. The van der Waals surface area contributed by atoms with Crippen LogP contribution in [0.3, 0.4) is 0 Å². The Kier molecular flexibility index (Phi) is 2.94. The lowest BCUT2D eigenvalue weighted by molar-refractivity contribution is 0.205. The van der Waals surface area contributed by atoms with Gasteiger partial charge in [0, 0.05) is 45.8 Å². The van der Waals surface area contributed by atoms with Crippen LogP contribution in [0.15, 0.2) is 0 Å². The Labute approximate surface area is 73.7 Å². The normalized spacial score (nSPS) is 29.0. The van der Waals surface area contributed by atoms with Crippen molar-refractivity contribution in [1.82, 2.24) is 20.9 Å². The summed E-state index contributed by atoms with van der Waals surface area (Å²) in [5.74, 6) is 0. The Morgan fingerprint density at radius 2 is 1.92 bits per heavy atom. The van der Waals surface area contributed by atoms with Crippen molar-refractivity contribution in [3.63, 3.8) is 0 Å². The van der Waals surface area contributed by atoms with Crippen LogP contribution in [0.4, 0.5) is 0 Å². The number of rotatable bonds is 1. The molecule has 0 atom stereocenters. The van der Waals surface area contributed by atoms with E-state index in [-0.39, 0.29) is 0 Å². The van der Waals surface area contributed by atoms with Crippen LogP contribution >= 0.6 is 0 Å². The second-order valence-corrected chi connectivity index (χ2v) is 3.21. The van der Waals surface area contributed by atoms with E-state index < -0.39 is 0 Å². The molecule has 0 aromatic heterocycles. The van der Waals surface area contributed by atoms with Gasteiger partial charge in [-0.2, -0.15) is 0 Å². The summed E-state index contributed by atoms with van der Waals surface area (Å²) in [5, 5.41) is 11.2. The van der Waals surface area contributed by atoms with E-state index in [1.54, 1.807) is 0 Å². The summed E-state index contributed by atoms with van der Waals surface area (Å²) in [6.45, 7) is 7.36. The molecule has 68 valence electrons. The highest BCUT2D eigenvalue weighted by atomic mass is 15.3. The van der Waals surface area contributed by atoms with E-state index in [1.807, 2.05) is 0 Å². The molecule has 2 aliphatic rings. The fraction of sp³-hybridized carbons (Fsp3) is 0.875. The Bertz CT molecular complexity index is 111. The van der Waals surface area contributed by atoms with Crippen molar-refractivity contribution in [3.05, 3.63) is 6.17 Å². The molecule has 2 saturated heterocycles. The standard InChI is InChI=1S/C8H16N4/c1-2-11-8(7-10-1)12-5-3-9-4-6-12/h9-10H,1-7H2. The van der Waals surface area contributed by atoms with Crippen molar-refractivity contribution in [2.45, 2.75) is 0 Å². The molecular formula is C8H16N4. The van der Waals surface area contributed by atoms with E-state index in [1.165, 1.54) is 6.17 Å². The first-order valence-corrected chi connectivity index (χ1v) is 4.66. The quantitative estimate of drug-likeness (QED) is 0.505. The van der Waals surface area contributed by atoms with Gasteiger partial charge in [-0.25, -0.2) is 5.32 Å². The van der Waals surface area contributed by atoms with Crippen molar-refractivity contribution in [1.29, 1.82) is 0 Å².